The fraction of sp³-hybridized carbons (Fsp3) is 0.333. The highest BCUT2D eigenvalue weighted by Crippen LogP contribution is 2.27. The molecule has 2 aromatic carbocycles. The maximum Gasteiger partial charge on any atom is 0.121 e. The average molecular weight is 348 g/mol. The zero-order chi connectivity index (χ0) is 15.2. The summed E-state index contributed by atoms with van der Waals surface area (Å²) < 4.78 is 6.99. The number of rotatable bonds is 6. The van der Waals surface area contributed by atoms with E-state index in [1.807, 2.05) is 18.2 Å². The highest BCUT2D eigenvalue weighted by Gasteiger charge is 2.09. The van der Waals surface area contributed by atoms with Gasteiger partial charge in [-0.25, -0.2) is 0 Å². The number of halogens is 1. The van der Waals surface area contributed by atoms with Crippen molar-refractivity contribution in [2.45, 2.75) is 39.3 Å². The maximum absolute atomic E-state index is 5.87. The first kappa shape index (κ1) is 15.9. The van der Waals surface area contributed by atoms with Gasteiger partial charge in [0.05, 0.1) is 6.10 Å². The molecule has 0 amide bonds. The fourth-order valence-corrected chi connectivity index (χ4v) is 2.76. The Kier molecular flexibility index (Phi) is 5.68. The summed E-state index contributed by atoms with van der Waals surface area (Å²) in [6.07, 6.45) is 1.24. The van der Waals surface area contributed by atoms with Crippen molar-refractivity contribution in [1.29, 1.82) is 0 Å². The first-order chi connectivity index (χ1) is 10.1. The lowest BCUT2D eigenvalue weighted by Gasteiger charge is -2.18. The van der Waals surface area contributed by atoms with Crippen LogP contribution in [0.1, 0.15) is 38.8 Å². The molecule has 2 atom stereocenters. The van der Waals surface area contributed by atoms with Crippen molar-refractivity contribution >= 4 is 21.6 Å². The number of ether oxygens (including phenoxy) is 1. The molecule has 0 radical (unpaired) electrons. The molecule has 0 aromatic heterocycles. The lowest BCUT2D eigenvalue weighted by molar-refractivity contribution is 0.217. The Morgan fingerprint density at radius 3 is 2.57 bits per heavy atom. The van der Waals surface area contributed by atoms with Crippen molar-refractivity contribution in [1.82, 2.24) is 0 Å². The predicted octanol–water partition coefficient (Wildman–Crippen LogP) is 5.80. The monoisotopic (exact) mass is 347 g/mol. The van der Waals surface area contributed by atoms with Crippen LogP contribution < -0.4 is 10.1 Å². The van der Waals surface area contributed by atoms with Crippen molar-refractivity contribution in [3.05, 3.63) is 58.6 Å². The second kappa shape index (κ2) is 7.51. The van der Waals surface area contributed by atoms with Gasteiger partial charge in [0.1, 0.15) is 5.75 Å². The molecule has 0 aliphatic carbocycles. The van der Waals surface area contributed by atoms with Crippen LogP contribution in [0.3, 0.4) is 0 Å². The summed E-state index contributed by atoms with van der Waals surface area (Å²) in [6.45, 7) is 6.37. The van der Waals surface area contributed by atoms with Gasteiger partial charge >= 0.3 is 0 Å². The molecule has 2 rings (SSSR count). The quantitative estimate of drug-likeness (QED) is 0.712. The summed E-state index contributed by atoms with van der Waals surface area (Å²) in [4.78, 5) is 0. The molecule has 0 bridgehead atoms. The third-order valence-corrected chi connectivity index (χ3v) is 4.22. The van der Waals surface area contributed by atoms with Crippen molar-refractivity contribution in [3.63, 3.8) is 0 Å². The van der Waals surface area contributed by atoms with Gasteiger partial charge in [0.15, 0.2) is 0 Å². The minimum absolute atomic E-state index is 0.222. The van der Waals surface area contributed by atoms with E-state index in [-0.39, 0.29) is 12.1 Å². The zero-order valence-corrected chi connectivity index (χ0v) is 14.4. The minimum Gasteiger partial charge on any atom is -0.491 e. The third-order valence-electron chi connectivity index (χ3n) is 3.50. The third kappa shape index (κ3) is 4.50. The zero-order valence-electron chi connectivity index (χ0n) is 12.8. The number of anilines is 1. The van der Waals surface area contributed by atoms with E-state index in [0.717, 1.165) is 22.3 Å². The van der Waals surface area contributed by atoms with Crippen molar-refractivity contribution < 1.29 is 4.74 Å². The first-order valence-corrected chi connectivity index (χ1v) is 8.17. The molecule has 0 saturated heterocycles. The molecule has 112 valence electrons. The number of hydrogen-bond donors (Lipinski definition) is 1. The van der Waals surface area contributed by atoms with E-state index in [1.54, 1.807) is 0 Å². The van der Waals surface area contributed by atoms with Crippen LogP contribution in [-0.4, -0.2) is 6.10 Å². The normalized spacial score (nSPS) is 13.5. The van der Waals surface area contributed by atoms with Crippen LogP contribution in [0.4, 0.5) is 5.69 Å². The van der Waals surface area contributed by atoms with Crippen LogP contribution in [-0.2, 0) is 0 Å². The Balaban J connectivity index is 2.09. The Bertz CT molecular complexity index is 585. The van der Waals surface area contributed by atoms with Gasteiger partial charge in [-0.2, -0.15) is 0 Å². The van der Waals surface area contributed by atoms with Gasteiger partial charge in [-0.05, 0) is 44.0 Å². The van der Waals surface area contributed by atoms with Crippen LogP contribution in [0.15, 0.2) is 53.0 Å². The van der Waals surface area contributed by atoms with Crippen LogP contribution >= 0.6 is 15.9 Å². The first-order valence-electron chi connectivity index (χ1n) is 7.37. The maximum atomic E-state index is 5.87. The molecule has 0 heterocycles. The number of benzene rings is 2. The standard InChI is InChI=1S/C18H22BrNO/c1-4-13(2)21-16-9-7-8-15(12-16)20-14(3)17-10-5-6-11-18(17)19/h5-14,20H,4H2,1-3H3. The van der Waals surface area contributed by atoms with E-state index in [9.17, 15) is 0 Å². The number of nitrogens with one attached hydrogen (secondary N) is 1. The van der Waals surface area contributed by atoms with Gasteiger partial charge in [-0.1, -0.05) is 47.1 Å². The summed E-state index contributed by atoms with van der Waals surface area (Å²) in [6, 6.07) is 16.6. The molecular weight excluding hydrogens is 326 g/mol. The summed E-state index contributed by atoms with van der Waals surface area (Å²) >= 11 is 3.60. The number of hydrogen-bond acceptors (Lipinski definition) is 2. The molecular formula is C18H22BrNO. The van der Waals surface area contributed by atoms with Crippen LogP contribution in [0.5, 0.6) is 5.75 Å². The molecule has 0 fully saturated rings. The summed E-state index contributed by atoms with van der Waals surface area (Å²) in [5, 5.41) is 3.52. The van der Waals surface area contributed by atoms with E-state index in [0.29, 0.717) is 0 Å². The Hall–Kier alpha value is -1.48. The smallest absolute Gasteiger partial charge is 0.121 e. The van der Waals surface area contributed by atoms with E-state index in [1.165, 1.54) is 5.56 Å². The van der Waals surface area contributed by atoms with Crippen LogP contribution in [0.25, 0.3) is 0 Å². The SMILES string of the molecule is CCC(C)Oc1cccc(NC(C)c2ccccc2Br)c1. The largest absolute Gasteiger partial charge is 0.491 e. The van der Waals surface area contributed by atoms with Crippen molar-refractivity contribution in [3.8, 4) is 5.75 Å². The Labute approximate surface area is 135 Å². The van der Waals surface area contributed by atoms with E-state index in [2.05, 4.69) is 72.3 Å². The van der Waals surface area contributed by atoms with Crippen molar-refractivity contribution in [2.24, 2.45) is 0 Å². The predicted molar refractivity (Wildman–Crippen MR) is 93.0 cm³/mol. The van der Waals surface area contributed by atoms with Gasteiger partial charge in [0, 0.05) is 22.3 Å². The molecule has 2 aromatic rings. The second-order valence-electron chi connectivity index (χ2n) is 5.25. The lowest BCUT2D eigenvalue weighted by atomic mass is 10.1. The molecule has 1 N–H and O–H groups in total. The van der Waals surface area contributed by atoms with E-state index in [4.69, 9.17) is 4.74 Å². The molecule has 0 aliphatic rings. The lowest BCUT2D eigenvalue weighted by Crippen LogP contribution is -2.10. The highest BCUT2D eigenvalue weighted by molar-refractivity contribution is 9.10. The van der Waals surface area contributed by atoms with Gasteiger partial charge in [-0.3, -0.25) is 0 Å². The Morgan fingerprint density at radius 1 is 1.10 bits per heavy atom. The molecule has 0 saturated carbocycles. The summed E-state index contributed by atoms with van der Waals surface area (Å²) in [7, 11) is 0. The van der Waals surface area contributed by atoms with Crippen LogP contribution in [0.2, 0.25) is 0 Å². The molecule has 0 spiro atoms. The second-order valence-corrected chi connectivity index (χ2v) is 6.11. The van der Waals surface area contributed by atoms with Gasteiger partial charge in [-0.15, -0.1) is 0 Å². The average Bonchev–Trinajstić information content (AvgIpc) is 2.47. The van der Waals surface area contributed by atoms with E-state index < -0.39 is 0 Å². The fourth-order valence-electron chi connectivity index (χ4n) is 2.13. The minimum atomic E-state index is 0.222. The highest BCUT2D eigenvalue weighted by atomic mass is 79.9. The summed E-state index contributed by atoms with van der Waals surface area (Å²) in [5.41, 5.74) is 2.31. The molecule has 21 heavy (non-hydrogen) atoms. The van der Waals surface area contributed by atoms with Gasteiger partial charge in [0.2, 0.25) is 0 Å². The topological polar surface area (TPSA) is 21.3 Å². The van der Waals surface area contributed by atoms with Gasteiger partial charge in [0.25, 0.3) is 0 Å². The summed E-state index contributed by atoms with van der Waals surface area (Å²) in [5.74, 6) is 0.911. The van der Waals surface area contributed by atoms with Crippen LogP contribution in [0, 0.1) is 0 Å². The van der Waals surface area contributed by atoms with Gasteiger partial charge < -0.3 is 10.1 Å². The Morgan fingerprint density at radius 2 is 1.86 bits per heavy atom. The molecule has 3 heteroatoms. The van der Waals surface area contributed by atoms with Crippen molar-refractivity contribution in [2.75, 3.05) is 5.32 Å². The molecule has 0 aliphatic heterocycles. The molecule has 2 nitrogen and oxygen atoms in total. The molecule has 2 unspecified atom stereocenters. The van der Waals surface area contributed by atoms with E-state index >= 15 is 0 Å².